The molecule has 25 heavy (non-hydrogen) atoms. The second kappa shape index (κ2) is 9.99. The van der Waals surface area contributed by atoms with Crippen molar-refractivity contribution >= 4 is 23.5 Å². The lowest BCUT2D eigenvalue weighted by molar-refractivity contribution is -0.121. The van der Waals surface area contributed by atoms with Gasteiger partial charge in [0.2, 0.25) is 5.91 Å². The Morgan fingerprint density at radius 3 is 2.36 bits per heavy atom. The van der Waals surface area contributed by atoms with E-state index >= 15 is 0 Å². The van der Waals surface area contributed by atoms with E-state index in [0.29, 0.717) is 12.1 Å². The lowest BCUT2D eigenvalue weighted by Gasteiger charge is -2.06. The van der Waals surface area contributed by atoms with Crippen molar-refractivity contribution in [1.29, 1.82) is 0 Å². The molecule has 1 N–H and O–H groups in total. The van der Waals surface area contributed by atoms with E-state index in [2.05, 4.69) is 5.32 Å². The highest BCUT2D eigenvalue weighted by molar-refractivity contribution is 7.99. The Balaban J connectivity index is 1.58. The predicted octanol–water partition coefficient (Wildman–Crippen LogP) is 4.40. The van der Waals surface area contributed by atoms with Crippen LogP contribution in [-0.4, -0.2) is 24.0 Å². The highest BCUT2D eigenvalue weighted by Gasteiger charge is 2.08. The zero-order valence-electron chi connectivity index (χ0n) is 14.3. The Labute approximate surface area is 152 Å². The van der Waals surface area contributed by atoms with Gasteiger partial charge in [0.15, 0.2) is 5.78 Å². The van der Waals surface area contributed by atoms with Gasteiger partial charge in [0.05, 0.1) is 0 Å². The maximum Gasteiger partial charge on any atom is 0.220 e. The third kappa shape index (κ3) is 7.10. The average molecular weight is 359 g/mol. The summed E-state index contributed by atoms with van der Waals surface area (Å²) in [4.78, 5) is 24.8. The number of hydrogen-bond acceptors (Lipinski definition) is 3. The number of nitrogens with one attached hydrogen (secondary N) is 1. The number of carbonyl (C=O) groups excluding carboxylic acids is 2. The molecule has 0 unspecified atom stereocenters. The van der Waals surface area contributed by atoms with E-state index in [1.807, 2.05) is 19.1 Å². The first-order valence-corrected chi connectivity index (χ1v) is 9.28. The largest absolute Gasteiger partial charge is 0.356 e. The summed E-state index contributed by atoms with van der Waals surface area (Å²) in [5, 5.41) is 2.83. The number of amides is 1. The van der Waals surface area contributed by atoms with Crippen LogP contribution in [-0.2, 0) is 4.79 Å². The van der Waals surface area contributed by atoms with E-state index in [9.17, 15) is 14.0 Å². The van der Waals surface area contributed by atoms with Crippen molar-refractivity contribution in [1.82, 2.24) is 5.32 Å². The van der Waals surface area contributed by atoms with E-state index in [1.54, 1.807) is 36.0 Å². The molecule has 0 atom stereocenters. The third-order valence-electron chi connectivity index (χ3n) is 3.68. The number of thioether (sulfide) groups is 1. The third-order valence-corrected chi connectivity index (χ3v) is 4.78. The molecular weight excluding hydrogens is 337 g/mol. The first-order valence-electron chi connectivity index (χ1n) is 8.29. The number of hydrogen-bond donors (Lipinski definition) is 1. The highest BCUT2D eigenvalue weighted by Crippen LogP contribution is 2.18. The van der Waals surface area contributed by atoms with Crippen molar-refractivity contribution in [3.8, 4) is 0 Å². The summed E-state index contributed by atoms with van der Waals surface area (Å²) in [6.45, 7) is 2.54. The van der Waals surface area contributed by atoms with Crippen LogP contribution in [0.2, 0.25) is 0 Å². The second-order valence-electron chi connectivity index (χ2n) is 5.80. The zero-order chi connectivity index (χ0) is 18.1. The summed E-state index contributed by atoms with van der Waals surface area (Å²) in [5.74, 6) is 0.486. The molecule has 1 amide bonds. The first-order chi connectivity index (χ1) is 12.0. The lowest BCUT2D eigenvalue weighted by atomic mass is 10.1. The maximum absolute atomic E-state index is 12.8. The molecule has 132 valence electrons. The molecule has 0 spiro atoms. The summed E-state index contributed by atoms with van der Waals surface area (Å²) in [6, 6.07) is 13.7. The smallest absolute Gasteiger partial charge is 0.220 e. The van der Waals surface area contributed by atoms with Gasteiger partial charge in [-0.2, -0.15) is 0 Å². The SMILES string of the molecule is Cc1ccc(C(=O)CCC(=O)NCCCSc2ccc(F)cc2)cc1. The minimum Gasteiger partial charge on any atom is -0.356 e. The maximum atomic E-state index is 12.8. The number of carbonyl (C=O) groups is 2. The van der Waals surface area contributed by atoms with Crippen LogP contribution in [0, 0.1) is 12.7 Å². The molecule has 0 aliphatic rings. The quantitative estimate of drug-likeness (QED) is 0.410. The van der Waals surface area contributed by atoms with Gasteiger partial charge in [-0.3, -0.25) is 9.59 Å². The summed E-state index contributed by atoms with van der Waals surface area (Å²) < 4.78 is 12.8. The fraction of sp³-hybridized carbons (Fsp3) is 0.300. The van der Waals surface area contributed by atoms with Crippen molar-refractivity contribution < 1.29 is 14.0 Å². The number of benzene rings is 2. The standard InChI is InChI=1S/C20H22FNO2S/c1-15-3-5-16(6-4-15)19(23)11-12-20(24)22-13-2-14-25-18-9-7-17(21)8-10-18/h3-10H,2,11-14H2,1H3,(H,22,24). The Hall–Kier alpha value is -2.14. The molecule has 0 aromatic heterocycles. The molecule has 3 nitrogen and oxygen atoms in total. The molecule has 5 heteroatoms. The second-order valence-corrected chi connectivity index (χ2v) is 6.96. The van der Waals surface area contributed by atoms with E-state index in [1.165, 1.54) is 12.1 Å². The van der Waals surface area contributed by atoms with Crippen LogP contribution in [0.4, 0.5) is 4.39 Å². The predicted molar refractivity (Wildman–Crippen MR) is 99.5 cm³/mol. The molecule has 0 heterocycles. The molecular formula is C20H22FNO2S. The van der Waals surface area contributed by atoms with Crippen LogP contribution in [0.5, 0.6) is 0 Å². The number of halogens is 1. The van der Waals surface area contributed by atoms with Crippen molar-refractivity contribution in [2.45, 2.75) is 31.1 Å². The lowest BCUT2D eigenvalue weighted by Crippen LogP contribution is -2.25. The van der Waals surface area contributed by atoms with E-state index in [4.69, 9.17) is 0 Å². The zero-order valence-corrected chi connectivity index (χ0v) is 15.1. The van der Waals surface area contributed by atoms with Gasteiger partial charge in [-0.05, 0) is 43.4 Å². The Morgan fingerprint density at radius 2 is 1.68 bits per heavy atom. The fourth-order valence-corrected chi connectivity index (χ4v) is 3.07. The molecule has 2 aromatic carbocycles. The van der Waals surface area contributed by atoms with E-state index < -0.39 is 0 Å². The molecule has 0 fully saturated rings. The summed E-state index contributed by atoms with van der Waals surface area (Å²) in [6.07, 6.45) is 1.25. The van der Waals surface area contributed by atoms with Crippen LogP contribution >= 0.6 is 11.8 Å². The van der Waals surface area contributed by atoms with Gasteiger partial charge in [-0.15, -0.1) is 11.8 Å². The van der Waals surface area contributed by atoms with Crippen molar-refractivity contribution in [2.24, 2.45) is 0 Å². The van der Waals surface area contributed by atoms with Crippen LogP contribution in [0.25, 0.3) is 0 Å². The van der Waals surface area contributed by atoms with Gasteiger partial charge in [0, 0.05) is 29.8 Å². The van der Waals surface area contributed by atoms with E-state index in [-0.39, 0.29) is 30.3 Å². The molecule has 0 aliphatic carbocycles. The minimum atomic E-state index is -0.239. The van der Waals surface area contributed by atoms with Gasteiger partial charge in [0.1, 0.15) is 5.82 Å². The number of aryl methyl sites for hydroxylation is 1. The van der Waals surface area contributed by atoms with Crippen molar-refractivity contribution in [3.05, 3.63) is 65.5 Å². The molecule has 0 radical (unpaired) electrons. The van der Waals surface area contributed by atoms with Gasteiger partial charge in [-0.1, -0.05) is 29.8 Å². The summed E-state index contributed by atoms with van der Waals surface area (Å²) in [5.41, 5.74) is 1.75. The van der Waals surface area contributed by atoms with Gasteiger partial charge >= 0.3 is 0 Å². The Kier molecular flexibility index (Phi) is 7.67. The van der Waals surface area contributed by atoms with Crippen LogP contribution in [0.3, 0.4) is 0 Å². The number of rotatable bonds is 9. The van der Waals surface area contributed by atoms with Crippen LogP contribution in [0.1, 0.15) is 35.2 Å². The van der Waals surface area contributed by atoms with Crippen LogP contribution < -0.4 is 5.32 Å². The van der Waals surface area contributed by atoms with Crippen LogP contribution in [0.15, 0.2) is 53.4 Å². The topological polar surface area (TPSA) is 46.2 Å². The minimum absolute atomic E-state index is 0.0120. The monoisotopic (exact) mass is 359 g/mol. The highest BCUT2D eigenvalue weighted by atomic mass is 32.2. The first kappa shape index (κ1) is 19.2. The molecule has 0 bridgehead atoms. The number of ketones is 1. The average Bonchev–Trinajstić information content (AvgIpc) is 2.61. The molecule has 2 aromatic rings. The Bertz CT molecular complexity index is 699. The summed E-state index contributed by atoms with van der Waals surface area (Å²) >= 11 is 1.63. The van der Waals surface area contributed by atoms with E-state index in [0.717, 1.165) is 22.6 Å². The van der Waals surface area contributed by atoms with Gasteiger partial charge in [0.25, 0.3) is 0 Å². The molecule has 2 rings (SSSR count). The molecule has 0 saturated carbocycles. The molecule has 0 saturated heterocycles. The molecule has 0 aliphatic heterocycles. The fourth-order valence-electron chi connectivity index (χ4n) is 2.22. The number of Topliss-reactive ketones (excluding diaryl/α,β-unsaturated/α-hetero) is 1. The van der Waals surface area contributed by atoms with Gasteiger partial charge < -0.3 is 5.32 Å². The normalized spacial score (nSPS) is 10.5. The van der Waals surface area contributed by atoms with Crippen molar-refractivity contribution in [3.63, 3.8) is 0 Å². The van der Waals surface area contributed by atoms with Crippen molar-refractivity contribution in [2.75, 3.05) is 12.3 Å². The summed E-state index contributed by atoms with van der Waals surface area (Å²) in [7, 11) is 0. The Morgan fingerprint density at radius 1 is 1.00 bits per heavy atom. The van der Waals surface area contributed by atoms with Gasteiger partial charge in [-0.25, -0.2) is 4.39 Å².